The van der Waals surface area contributed by atoms with Gasteiger partial charge >= 0.3 is 0 Å². The van der Waals surface area contributed by atoms with Crippen LogP contribution in [0.2, 0.25) is 0 Å². The number of hydrogen-bond donors (Lipinski definition) is 1. The van der Waals surface area contributed by atoms with Crippen LogP contribution in [0.4, 0.5) is 0 Å². The highest BCUT2D eigenvalue weighted by atomic mass is 32.2. The summed E-state index contributed by atoms with van der Waals surface area (Å²) in [6.45, 7) is 3.80. The molecule has 0 aromatic heterocycles. The Balaban J connectivity index is 3.72. The highest BCUT2D eigenvalue weighted by molar-refractivity contribution is 7.97. The minimum Gasteiger partial charge on any atom is -0.325 e. The summed E-state index contributed by atoms with van der Waals surface area (Å²) < 4.78 is 8.45. The fraction of sp³-hybridized carbons (Fsp3) is 0.333. The molecule has 0 aliphatic heterocycles. The number of hydrogen-bond acceptors (Lipinski definition) is 2. The molecule has 0 unspecified atom stereocenters. The predicted molar refractivity (Wildman–Crippen MR) is 38.8 cm³/mol. The lowest BCUT2D eigenvalue weighted by Gasteiger charge is -1.87. The van der Waals surface area contributed by atoms with Crippen molar-refractivity contribution in [2.24, 2.45) is 0 Å². The van der Waals surface area contributed by atoms with Crippen molar-refractivity contribution in [2.75, 3.05) is 0 Å². The Morgan fingerprint density at radius 3 is 2.25 bits per heavy atom. The van der Waals surface area contributed by atoms with Gasteiger partial charge in [-0.05, 0) is 13.8 Å². The molecule has 1 N–H and O–H groups in total. The van der Waals surface area contributed by atoms with Gasteiger partial charge in [0.25, 0.3) is 0 Å². The minimum absolute atomic E-state index is 0.769. The van der Waals surface area contributed by atoms with Crippen molar-refractivity contribution in [3.63, 3.8) is 0 Å². The largest absolute Gasteiger partial charge is 0.325 e. The van der Waals surface area contributed by atoms with Gasteiger partial charge in [-0.25, -0.2) is 0 Å². The van der Waals surface area contributed by atoms with E-state index in [4.69, 9.17) is 4.55 Å². The molecule has 0 saturated heterocycles. The summed E-state index contributed by atoms with van der Waals surface area (Å²) in [6, 6.07) is 0. The Bertz CT molecular complexity index is 102. The summed E-state index contributed by atoms with van der Waals surface area (Å²) >= 11 is 0.769. The van der Waals surface area contributed by atoms with Gasteiger partial charge in [-0.15, -0.1) is 0 Å². The third-order valence-corrected chi connectivity index (χ3v) is 1.30. The Morgan fingerprint density at radius 1 is 1.50 bits per heavy atom. The summed E-state index contributed by atoms with van der Waals surface area (Å²) in [5, 5.41) is 0. The molecule has 0 aliphatic carbocycles. The number of allylic oxidation sites excluding steroid dienone is 3. The maximum absolute atomic E-state index is 8.45. The quantitative estimate of drug-likeness (QED) is 0.458. The van der Waals surface area contributed by atoms with Crippen molar-refractivity contribution in [1.29, 1.82) is 0 Å². The average Bonchev–Trinajstić information content (AvgIpc) is 1.83. The van der Waals surface area contributed by atoms with Crippen molar-refractivity contribution in [3.05, 3.63) is 23.1 Å². The Kier molecular flexibility index (Phi) is 4.81. The van der Waals surface area contributed by atoms with E-state index in [1.807, 2.05) is 32.1 Å². The predicted octanol–water partition coefficient (Wildman–Crippen LogP) is 2.67. The Labute approximate surface area is 54.3 Å². The highest BCUT2D eigenvalue weighted by Gasteiger charge is 1.82. The molecule has 0 saturated carbocycles. The smallest absolute Gasteiger partial charge is 0.0304 e. The zero-order valence-electron chi connectivity index (χ0n) is 5.09. The van der Waals surface area contributed by atoms with E-state index in [-0.39, 0.29) is 0 Å². The van der Waals surface area contributed by atoms with Crippen LogP contribution in [0, 0.1) is 0 Å². The van der Waals surface area contributed by atoms with Crippen molar-refractivity contribution >= 4 is 12.0 Å². The number of rotatable bonds is 2. The monoisotopic (exact) mass is 130 g/mol. The molecule has 0 aliphatic rings. The van der Waals surface area contributed by atoms with Gasteiger partial charge in [0, 0.05) is 16.9 Å². The zero-order valence-corrected chi connectivity index (χ0v) is 5.90. The maximum Gasteiger partial charge on any atom is 0.0304 e. The molecular weight excluding hydrogens is 120 g/mol. The van der Waals surface area contributed by atoms with Crippen LogP contribution >= 0.6 is 12.0 Å². The van der Waals surface area contributed by atoms with Crippen LogP contribution in [0.25, 0.3) is 0 Å². The molecule has 1 nitrogen and oxygen atoms in total. The van der Waals surface area contributed by atoms with E-state index in [2.05, 4.69) is 0 Å². The normalized spacial score (nSPS) is 13.1. The van der Waals surface area contributed by atoms with Gasteiger partial charge in [0.2, 0.25) is 0 Å². The summed E-state index contributed by atoms with van der Waals surface area (Å²) in [4.78, 5) is 0.882. The van der Waals surface area contributed by atoms with Crippen LogP contribution in [0.15, 0.2) is 23.1 Å². The zero-order chi connectivity index (χ0) is 6.41. The van der Waals surface area contributed by atoms with E-state index in [0.717, 1.165) is 16.9 Å². The highest BCUT2D eigenvalue weighted by Crippen LogP contribution is 2.10. The first kappa shape index (κ1) is 7.79. The first-order chi connectivity index (χ1) is 3.85. The Hall–Kier alpha value is -0.210. The van der Waals surface area contributed by atoms with Crippen LogP contribution in [-0.2, 0) is 0 Å². The maximum atomic E-state index is 8.45. The summed E-state index contributed by atoms with van der Waals surface area (Å²) in [7, 11) is 0. The second-order valence-corrected chi connectivity index (χ2v) is 1.94. The van der Waals surface area contributed by atoms with E-state index >= 15 is 0 Å². The average molecular weight is 130 g/mol. The minimum atomic E-state index is 0.769. The van der Waals surface area contributed by atoms with Crippen LogP contribution < -0.4 is 0 Å². The fourth-order valence-corrected chi connectivity index (χ4v) is 0.646. The lowest BCUT2D eigenvalue weighted by molar-refractivity contribution is 0.669. The topological polar surface area (TPSA) is 20.2 Å². The van der Waals surface area contributed by atoms with Gasteiger partial charge in [0.1, 0.15) is 0 Å². The van der Waals surface area contributed by atoms with Crippen LogP contribution in [0.1, 0.15) is 13.8 Å². The molecule has 0 spiro atoms. The van der Waals surface area contributed by atoms with E-state index in [9.17, 15) is 0 Å². The molecule has 46 valence electrons. The first-order valence-electron chi connectivity index (χ1n) is 2.45. The van der Waals surface area contributed by atoms with Gasteiger partial charge in [-0.3, -0.25) is 0 Å². The van der Waals surface area contributed by atoms with E-state index in [1.165, 1.54) is 0 Å². The van der Waals surface area contributed by atoms with Crippen LogP contribution in [0.5, 0.6) is 0 Å². The first-order valence-corrected chi connectivity index (χ1v) is 3.23. The molecule has 8 heavy (non-hydrogen) atoms. The molecule has 0 heterocycles. The van der Waals surface area contributed by atoms with E-state index in [1.54, 1.807) is 0 Å². The molecule has 0 fully saturated rings. The molecule has 0 rings (SSSR count). The third-order valence-electron chi connectivity index (χ3n) is 0.721. The molecule has 0 aromatic rings. The second kappa shape index (κ2) is 4.94. The molecule has 0 amide bonds. The molecular formula is C6H10OS. The lowest BCUT2D eigenvalue weighted by Crippen LogP contribution is -1.63. The van der Waals surface area contributed by atoms with Gasteiger partial charge in [0.05, 0.1) is 0 Å². The SMILES string of the molecule is CC=CC(=CC)SO. The molecule has 0 radical (unpaired) electrons. The van der Waals surface area contributed by atoms with Crippen LogP contribution in [0.3, 0.4) is 0 Å². The second-order valence-electron chi connectivity index (χ2n) is 1.28. The van der Waals surface area contributed by atoms with Gasteiger partial charge < -0.3 is 4.55 Å². The Morgan fingerprint density at radius 2 is 2.12 bits per heavy atom. The summed E-state index contributed by atoms with van der Waals surface area (Å²) in [5.41, 5.74) is 0. The summed E-state index contributed by atoms with van der Waals surface area (Å²) in [5.74, 6) is 0. The molecule has 0 bridgehead atoms. The van der Waals surface area contributed by atoms with Crippen molar-refractivity contribution < 1.29 is 4.55 Å². The van der Waals surface area contributed by atoms with Gasteiger partial charge in [0.15, 0.2) is 0 Å². The van der Waals surface area contributed by atoms with E-state index < -0.39 is 0 Å². The summed E-state index contributed by atoms with van der Waals surface area (Å²) in [6.07, 6.45) is 5.59. The lowest BCUT2D eigenvalue weighted by atomic mass is 10.4. The molecule has 2 heteroatoms. The fourth-order valence-electron chi connectivity index (χ4n) is 0.344. The van der Waals surface area contributed by atoms with Crippen LogP contribution in [-0.4, -0.2) is 4.55 Å². The van der Waals surface area contributed by atoms with Gasteiger partial charge in [-0.1, -0.05) is 18.2 Å². The van der Waals surface area contributed by atoms with Crippen molar-refractivity contribution in [3.8, 4) is 0 Å². The van der Waals surface area contributed by atoms with Crippen molar-refractivity contribution in [1.82, 2.24) is 0 Å². The standard InChI is InChI=1S/C6H10OS/c1-3-5-6(4-2)8-7/h3-5,7H,1-2H3. The van der Waals surface area contributed by atoms with Crippen molar-refractivity contribution in [2.45, 2.75) is 13.8 Å². The van der Waals surface area contributed by atoms with Gasteiger partial charge in [-0.2, -0.15) is 0 Å². The third kappa shape index (κ3) is 2.88. The molecule has 0 atom stereocenters. The molecule has 0 aromatic carbocycles. The van der Waals surface area contributed by atoms with E-state index in [0.29, 0.717) is 0 Å².